The van der Waals surface area contributed by atoms with E-state index in [0.717, 1.165) is 23.7 Å². The molecule has 22 heavy (non-hydrogen) atoms. The van der Waals surface area contributed by atoms with Crippen molar-refractivity contribution in [2.75, 3.05) is 12.3 Å². The van der Waals surface area contributed by atoms with Gasteiger partial charge in [-0.1, -0.05) is 55.2 Å². The van der Waals surface area contributed by atoms with E-state index in [2.05, 4.69) is 6.92 Å². The number of thiocarbonyl (C=S) groups is 1. The Hall–Kier alpha value is -1.22. The third kappa shape index (κ3) is 4.39. The van der Waals surface area contributed by atoms with Gasteiger partial charge in [-0.25, -0.2) is 0 Å². The van der Waals surface area contributed by atoms with Crippen LogP contribution in [0.25, 0.3) is 6.08 Å². The molecule has 1 amide bonds. The number of benzene rings is 1. The van der Waals surface area contributed by atoms with Gasteiger partial charge < -0.3 is 0 Å². The number of amides is 1. The van der Waals surface area contributed by atoms with Crippen molar-refractivity contribution in [3.05, 3.63) is 40.3 Å². The monoisotopic (exact) mass is 357 g/mol. The van der Waals surface area contributed by atoms with Crippen LogP contribution in [0.5, 0.6) is 0 Å². The second-order valence-corrected chi connectivity index (χ2v) is 7.96. The normalized spacial score (nSPS) is 17.5. The van der Waals surface area contributed by atoms with Crippen molar-refractivity contribution in [3.8, 4) is 0 Å². The van der Waals surface area contributed by atoms with Crippen molar-refractivity contribution in [3.63, 3.8) is 0 Å². The van der Waals surface area contributed by atoms with E-state index in [-0.39, 0.29) is 12.5 Å². The summed E-state index contributed by atoms with van der Waals surface area (Å²) in [5.74, 6) is -0.865. The molecule has 0 unspecified atom stereocenters. The van der Waals surface area contributed by atoms with Crippen LogP contribution in [0, 0.1) is 0 Å². The smallest absolute Gasteiger partial charge is 0.266 e. The molecule has 0 aromatic heterocycles. The number of nitrogens with zero attached hydrogens (tertiary/aromatic N) is 1. The van der Waals surface area contributed by atoms with Gasteiger partial charge in [0, 0.05) is 6.54 Å². The van der Waals surface area contributed by atoms with Crippen LogP contribution in [-0.4, -0.2) is 40.4 Å². The quantitative estimate of drug-likeness (QED) is 0.495. The van der Waals surface area contributed by atoms with Crippen LogP contribution >= 0.6 is 24.0 Å². The van der Waals surface area contributed by atoms with Gasteiger partial charge >= 0.3 is 0 Å². The summed E-state index contributed by atoms with van der Waals surface area (Å²) >= 11 is 6.22. The van der Waals surface area contributed by atoms with Gasteiger partial charge in [0.15, 0.2) is 0 Å². The molecule has 0 aliphatic carbocycles. The Labute approximate surface area is 139 Å². The van der Waals surface area contributed by atoms with Gasteiger partial charge in [0.2, 0.25) is 0 Å². The molecule has 118 valence electrons. The summed E-state index contributed by atoms with van der Waals surface area (Å²) in [7, 11) is -4.12. The highest BCUT2D eigenvalue weighted by Gasteiger charge is 2.32. The van der Waals surface area contributed by atoms with Gasteiger partial charge in [0.1, 0.15) is 4.32 Å². The molecule has 0 radical (unpaired) electrons. The number of hydrogen-bond donors (Lipinski definition) is 1. The maximum absolute atomic E-state index is 12.2. The molecule has 0 saturated carbocycles. The number of carbonyl (C=O) groups is 1. The highest BCUT2D eigenvalue weighted by atomic mass is 32.2. The molecule has 1 aliphatic rings. The summed E-state index contributed by atoms with van der Waals surface area (Å²) in [6.45, 7) is 1.92. The average molecular weight is 357 g/mol. The number of thioether (sulfide) groups is 1. The fourth-order valence-corrected chi connectivity index (χ4v) is 3.62. The minimum absolute atomic E-state index is 0.143. The standard InChI is InChI=1S/C14H15NO4S3/c1-2-10-3-5-11(6-4-10)9-12-13(16)15(14(20)21-12)7-8-22(17,18)19/h3-6,9H,2,7-8H2,1H3,(H,17,18,19)/b12-9+. The first-order valence-corrected chi connectivity index (χ1v) is 9.43. The zero-order chi connectivity index (χ0) is 16.3. The molecule has 0 bridgehead atoms. The molecule has 1 aromatic rings. The van der Waals surface area contributed by atoms with Crippen LogP contribution in [0.4, 0.5) is 0 Å². The van der Waals surface area contributed by atoms with E-state index < -0.39 is 15.9 Å². The molecule has 1 heterocycles. The summed E-state index contributed by atoms with van der Waals surface area (Å²) in [4.78, 5) is 13.9. The number of hydrogen-bond acceptors (Lipinski definition) is 5. The molecule has 1 aromatic carbocycles. The second-order valence-electron chi connectivity index (χ2n) is 4.71. The molecular formula is C14H15NO4S3. The van der Waals surface area contributed by atoms with E-state index in [1.54, 1.807) is 6.08 Å². The lowest BCUT2D eigenvalue weighted by atomic mass is 10.1. The summed E-state index contributed by atoms with van der Waals surface area (Å²) in [6.07, 6.45) is 2.67. The van der Waals surface area contributed by atoms with Gasteiger partial charge in [-0.3, -0.25) is 14.2 Å². The van der Waals surface area contributed by atoms with E-state index in [0.29, 0.717) is 9.23 Å². The molecule has 0 spiro atoms. The van der Waals surface area contributed by atoms with Gasteiger partial charge in [0.25, 0.3) is 16.0 Å². The Kier molecular flexibility index (Phi) is 5.38. The molecule has 1 saturated heterocycles. The van der Waals surface area contributed by atoms with Crippen LogP contribution in [0.15, 0.2) is 29.2 Å². The van der Waals surface area contributed by atoms with Gasteiger partial charge in [0.05, 0.1) is 10.7 Å². The zero-order valence-corrected chi connectivity index (χ0v) is 14.3. The molecule has 1 fully saturated rings. The van der Waals surface area contributed by atoms with Crippen molar-refractivity contribution in [2.45, 2.75) is 13.3 Å². The predicted octanol–water partition coefficient (Wildman–Crippen LogP) is 2.34. The minimum atomic E-state index is -4.12. The van der Waals surface area contributed by atoms with E-state index >= 15 is 0 Å². The van der Waals surface area contributed by atoms with Crippen LogP contribution in [0.3, 0.4) is 0 Å². The first-order chi connectivity index (χ1) is 10.3. The molecular weight excluding hydrogens is 342 g/mol. The lowest BCUT2D eigenvalue weighted by molar-refractivity contribution is -0.121. The third-order valence-electron chi connectivity index (χ3n) is 3.13. The minimum Gasteiger partial charge on any atom is -0.292 e. The fraction of sp³-hybridized carbons (Fsp3) is 0.286. The Morgan fingerprint density at radius 2 is 1.95 bits per heavy atom. The van der Waals surface area contributed by atoms with Crippen molar-refractivity contribution < 1.29 is 17.8 Å². The van der Waals surface area contributed by atoms with Crippen molar-refractivity contribution in [1.29, 1.82) is 0 Å². The predicted molar refractivity (Wildman–Crippen MR) is 92.1 cm³/mol. The van der Waals surface area contributed by atoms with Crippen LogP contribution in [-0.2, 0) is 21.3 Å². The topological polar surface area (TPSA) is 74.7 Å². The Balaban J connectivity index is 2.14. The summed E-state index contributed by atoms with van der Waals surface area (Å²) < 4.78 is 30.6. The van der Waals surface area contributed by atoms with E-state index in [4.69, 9.17) is 16.8 Å². The third-order valence-corrected chi connectivity index (χ3v) is 5.21. The molecule has 1 N–H and O–H groups in total. The van der Waals surface area contributed by atoms with Gasteiger partial charge in [-0.15, -0.1) is 0 Å². The summed E-state index contributed by atoms with van der Waals surface area (Å²) in [5, 5.41) is 0. The highest BCUT2D eigenvalue weighted by Crippen LogP contribution is 2.32. The van der Waals surface area contributed by atoms with E-state index in [1.165, 1.54) is 10.5 Å². The lowest BCUT2D eigenvalue weighted by Gasteiger charge is -2.12. The van der Waals surface area contributed by atoms with Crippen molar-refractivity contribution in [2.24, 2.45) is 0 Å². The van der Waals surface area contributed by atoms with Crippen LogP contribution in [0.1, 0.15) is 18.1 Å². The summed E-state index contributed by atoms with van der Waals surface area (Å²) in [6, 6.07) is 7.82. The number of rotatable bonds is 5. The second kappa shape index (κ2) is 6.91. The zero-order valence-electron chi connectivity index (χ0n) is 11.9. The van der Waals surface area contributed by atoms with Crippen LogP contribution in [0.2, 0.25) is 0 Å². The maximum Gasteiger partial charge on any atom is 0.266 e. The first kappa shape index (κ1) is 17.1. The maximum atomic E-state index is 12.2. The Bertz CT molecular complexity index is 723. The molecule has 8 heteroatoms. The number of aryl methyl sites for hydroxylation is 1. The van der Waals surface area contributed by atoms with Crippen molar-refractivity contribution >= 4 is 50.4 Å². The van der Waals surface area contributed by atoms with Gasteiger partial charge in [-0.05, 0) is 23.6 Å². The number of carbonyl (C=O) groups excluding carboxylic acids is 1. The lowest BCUT2D eigenvalue weighted by Crippen LogP contribution is -2.32. The molecule has 5 nitrogen and oxygen atoms in total. The van der Waals surface area contributed by atoms with E-state index in [9.17, 15) is 13.2 Å². The van der Waals surface area contributed by atoms with Crippen LogP contribution < -0.4 is 0 Å². The molecule has 0 atom stereocenters. The molecule has 1 aliphatic heterocycles. The van der Waals surface area contributed by atoms with E-state index in [1.807, 2.05) is 24.3 Å². The fourth-order valence-electron chi connectivity index (χ4n) is 1.90. The van der Waals surface area contributed by atoms with Crippen molar-refractivity contribution in [1.82, 2.24) is 4.90 Å². The summed E-state index contributed by atoms with van der Waals surface area (Å²) in [5.41, 5.74) is 2.09. The Morgan fingerprint density at radius 1 is 1.32 bits per heavy atom. The van der Waals surface area contributed by atoms with Gasteiger partial charge in [-0.2, -0.15) is 8.42 Å². The average Bonchev–Trinajstić information content (AvgIpc) is 2.71. The highest BCUT2D eigenvalue weighted by molar-refractivity contribution is 8.26. The SMILES string of the molecule is CCc1ccc(/C=C2/SC(=S)N(CCS(=O)(=O)O)C2=O)cc1. The largest absolute Gasteiger partial charge is 0.292 e. The molecule has 2 rings (SSSR count). The first-order valence-electron chi connectivity index (χ1n) is 6.59. The Morgan fingerprint density at radius 3 is 2.50 bits per heavy atom.